The lowest BCUT2D eigenvalue weighted by atomic mass is 9.75. The molecule has 3 aromatic rings. The van der Waals surface area contributed by atoms with Crippen molar-refractivity contribution in [2.45, 2.75) is 5.54 Å². The number of hydrogen-bond acceptors (Lipinski definition) is 4. The first kappa shape index (κ1) is 15.5. The number of carbonyl (C=O) groups is 2. The molecule has 2 aliphatic rings. The van der Waals surface area contributed by atoms with Crippen LogP contribution < -0.4 is 15.8 Å². The monoisotopic (exact) mass is 358 g/mol. The van der Waals surface area contributed by atoms with Crippen LogP contribution >= 0.6 is 0 Å². The molecule has 1 atom stereocenters. The fourth-order valence-corrected chi connectivity index (χ4v) is 3.98. The van der Waals surface area contributed by atoms with E-state index in [1.807, 2.05) is 24.3 Å². The van der Waals surface area contributed by atoms with Crippen LogP contribution in [0.15, 0.2) is 60.7 Å². The Morgan fingerprint density at radius 3 is 2.44 bits per heavy atom. The van der Waals surface area contributed by atoms with Crippen LogP contribution in [-0.2, 0) is 5.54 Å². The summed E-state index contributed by atoms with van der Waals surface area (Å²) in [5, 5.41) is 12.4. The molecule has 27 heavy (non-hydrogen) atoms. The van der Waals surface area contributed by atoms with Gasteiger partial charge in [0.15, 0.2) is 0 Å². The first-order chi connectivity index (χ1) is 13.0. The number of carboxylic acid groups (broad SMARTS) is 1. The SMILES string of the molecule is Nc1ccc2c(c1)Oc1cc(C(=O)O)ccc1C21NC(=O)c2ccccc21. The number of ether oxygens (including phenoxy) is 1. The molecule has 0 aromatic heterocycles. The normalized spacial score (nSPS) is 18.9. The summed E-state index contributed by atoms with van der Waals surface area (Å²) in [5.74, 6) is -0.375. The Labute approximate surface area is 154 Å². The van der Waals surface area contributed by atoms with E-state index in [1.54, 1.807) is 24.3 Å². The molecule has 6 heteroatoms. The van der Waals surface area contributed by atoms with E-state index in [4.69, 9.17) is 10.5 Å². The van der Waals surface area contributed by atoms with E-state index in [-0.39, 0.29) is 11.5 Å². The highest BCUT2D eigenvalue weighted by atomic mass is 16.5. The lowest BCUT2D eigenvalue weighted by Gasteiger charge is -2.38. The molecule has 4 N–H and O–H groups in total. The van der Waals surface area contributed by atoms with Gasteiger partial charge in [0.2, 0.25) is 0 Å². The highest BCUT2D eigenvalue weighted by molar-refractivity contribution is 6.02. The Morgan fingerprint density at radius 1 is 0.963 bits per heavy atom. The summed E-state index contributed by atoms with van der Waals surface area (Å²) in [5.41, 5.74) is 8.41. The van der Waals surface area contributed by atoms with Crippen LogP contribution in [0.5, 0.6) is 11.5 Å². The van der Waals surface area contributed by atoms with Gasteiger partial charge in [-0.1, -0.05) is 30.3 Å². The van der Waals surface area contributed by atoms with Crippen molar-refractivity contribution in [3.8, 4) is 11.5 Å². The average molecular weight is 358 g/mol. The van der Waals surface area contributed by atoms with Crippen molar-refractivity contribution in [2.75, 3.05) is 5.73 Å². The molecular formula is C21H14N2O4. The highest BCUT2D eigenvalue weighted by Crippen LogP contribution is 2.53. The third-order valence-corrected chi connectivity index (χ3v) is 5.14. The van der Waals surface area contributed by atoms with Crippen LogP contribution in [0.3, 0.4) is 0 Å². The topological polar surface area (TPSA) is 102 Å². The predicted octanol–water partition coefficient (Wildman–Crippen LogP) is 3.11. The average Bonchev–Trinajstić information content (AvgIpc) is 2.95. The molecule has 2 heterocycles. The van der Waals surface area contributed by atoms with Gasteiger partial charge in [-0.3, -0.25) is 4.79 Å². The molecule has 1 amide bonds. The number of carboxylic acids is 1. The maximum Gasteiger partial charge on any atom is 0.335 e. The molecule has 132 valence electrons. The van der Waals surface area contributed by atoms with Crippen molar-refractivity contribution in [3.05, 3.63) is 88.5 Å². The molecule has 2 aliphatic heterocycles. The van der Waals surface area contributed by atoms with Crippen molar-refractivity contribution in [1.82, 2.24) is 5.32 Å². The number of carbonyl (C=O) groups excluding carboxylic acids is 1. The van der Waals surface area contributed by atoms with E-state index in [2.05, 4.69) is 5.32 Å². The van der Waals surface area contributed by atoms with Crippen molar-refractivity contribution in [3.63, 3.8) is 0 Å². The Kier molecular flexibility index (Phi) is 2.92. The maximum absolute atomic E-state index is 12.7. The van der Waals surface area contributed by atoms with Crippen LogP contribution in [0.4, 0.5) is 5.69 Å². The van der Waals surface area contributed by atoms with E-state index in [0.29, 0.717) is 28.3 Å². The van der Waals surface area contributed by atoms with Gasteiger partial charge in [-0.05, 0) is 29.8 Å². The predicted molar refractivity (Wildman–Crippen MR) is 98.1 cm³/mol. The molecule has 6 nitrogen and oxygen atoms in total. The minimum absolute atomic E-state index is 0.105. The third kappa shape index (κ3) is 1.95. The van der Waals surface area contributed by atoms with Gasteiger partial charge in [0.25, 0.3) is 5.91 Å². The maximum atomic E-state index is 12.7. The number of nitrogen functional groups attached to an aromatic ring is 1. The molecule has 0 aliphatic carbocycles. The van der Waals surface area contributed by atoms with Gasteiger partial charge in [0.1, 0.15) is 17.0 Å². The number of fused-ring (bicyclic) bond motifs is 6. The standard InChI is InChI=1S/C21H14N2O4/c22-12-6-8-16-18(10-12)27-17-9-11(20(25)26)5-7-15(17)21(16)14-4-2-1-3-13(14)19(24)23-21/h1-10H,22H2,(H,23,24)(H,25,26). The number of amides is 1. The van der Waals surface area contributed by atoms with Crippen LogP contribution in [0.2, 0.25) is 0 Å². The third-order valence-electron chi connectivity index (χ3n) is 5.14. The van der Waals surface area contributed by atoms with Crippen LogP contribution in [0.1, 0.15) is 37.4 Å². The van der Waals surface area contributed by atoms with Gasteiger partial charge in [-0.2, -0.15) is 0 Å². The van der Waals surface area contributed by atoms with Gasteiger partial charge < -0.3 is 20.9 Å². The van der Waals surface area contributed by atoms with Gasteiger partial charge >= 0.3 is 5.97 Å². The van der Waals surface area contributed by atoms with Gasteiger partial charge in [-0.15, -0.1) is 0 Å². The summed E-state index contributed by atoms with van der Waals surface area (Å²) in [6, 6.07) is 17.3. The zero-order valence-corrected chi connectivity index (χ0v) is 14.0. The van der Waals surface area contributed by atoms with Crippen molar-refractivity contribution in [2.24, 2.45) is 0 Å². The summed E-state index contributed by atoms with van der Waals surface area (Å²) in [6.07, 6.45) is 0. The minimum Gasteiger partial charge on any atom is -0.478 e. The molecule has 0 radical (unpaired) electrons. The smallest absolute Gasteiger partial charge is 0.335 e. The second-order valence-corrected chi connectivity index (χ2v) is 6.62. The van der Waals surface area contributed by atoms with E-state index in [9.17, 15) is 14.7 Å². The first-order valence-electron chi connectivity index (χ1n) is 8.38. The zero-order valence-electron chi connectivity index (χ0n) is 14.0. The zero-order chi connectivity index (χ0) is 18.8. The number of nitrogens with one attached hydrogen (secondary N) is 1. The molecule has 0 bridgehead atoms. The van der Waals surface area contributed by atoms with E-state index in [0.717, 1.165) is 11.1 Å². The second kappa shape index (κ2) is 5.11. The Balaban J connectivity index is 1.88. The quantitative estimate of drug-likeness (QED) is 0.580. The molecule has 0 fully saturated rings. The number of nitrogens with two attached hydrogens (primary N) is 1. The Morgan fingerprint density at radius 2 is 1.67 bits per heavy atom. The summed E-state index contributed by atoms with van der Waals surface area (Å²) in [6.45, 7) is 0. The number of rotatable bonds is 1. The van der Waals surface area contributed by atoms with Crippen molar-refractivity contribution in [1.29, 1.82) is 0 Å². The van der Waals surface area contributed by atoms with Gasteiger partial charge in [0.05, 0.1) is 5.56 Å². The fourth-order valence-electron chi connectivity index (χ4n) is 3.98. The molecule has 1 spiro atoms. The second-order valence-electron chi connectivity index (χ2n) is 6.62. The van der Waals surface area contributed by atoms with Crippen LogP contribution in [-0.4, -0.2) is 17.0 Å². The van der Waals surface area contributed by atoms with Gasteiger partial charge in [0, 0.05) is 28.4 Å². The van der Waals surface area contributed by atoms with E-state index < -0.39 is 11.5 Å². The number of benzene rings is 3. The lowest BCUT2D eigenvalue weighted by Crippen LogP contribution is -2.43. The van der Waals surface area contributed by atoms with Crippen LogP contribution in [0.25, 0.3) is 0 Å². The summed E-state index contributed by atoms with van der Waals surface area (Å²) < 4.78 is 5.99. The Bertz CT molecular complexity index is 1150. The highest BCUT2D eigenvalue weighted by Gasteiger charge is 2.50. The summed E-state index contributed by atoms with van der Waals surface area (Å²) in [7, 11) is 0. The van der Waals surface area contributed by atoms with Gasteiger partial charge in [-0.25, -0.2) is 4.79 Å². The minimum atomic E-state index is -1.05. The largest absolute Gasteiger partial charge is 0.478 e. The number of hydrogen-bond donors (Lipinski definition) is 3. The van der Waals surface area contributed by atoms with E-state index in [1.165, 1.54) is 12.1 Å². The number of aromatic carboxylic acids is 1. The first-order valence-corrected chi connectivity index (χ1v) is 8.38. The molecular weight excluding hydrogens is 344 g/mol. The lowest BCUT2D eigenvalue weighted by molar-refractivity contribution is 0.0696. The molecule has 5 rings (SSSR count). The molecule has 1 unspecified atom stereocenters. The Hall–Kier alpha value is -3.80. The summed E-state index contributed by atoms with van der Waals surface area (Å²) >= 11 is 0. The molecule has 0 saturated heterocycles. The molecule has 3 aromatic carbocycles. The van der Waals surface area contributed by atoms with Crippen molar-refractivity contribution >= 4 is 17.6 Å². The number of anilines is 1. The van der Waals surface area contributed by atoms with Crippen molar-refractivity contribution < 1.29 is 19.4 Å². The summed E-state index contributed by atoms with van der Waals surface area (Å²) in [4.78, 5) is 24.1. The fraction of sp³-hybridized carbons (Fsp3) is 0.0476. The van der Waals surface area contributed by atoms with Crippen LogP contribution in [0, 0.1) is 0 Å². The van der Waals surface area contributed by atoms with E-state index >= 15 is 0 Å². The molecule has 0 saturated carbocycles.